The number of methoxy groups -OCH3 is 2. The largest absolute Gasteiger partial charge is 0.507 e. The molecule has 1 aliphatic heterocycles. The molecule has 198 valence electrons. The van der Waals surface area contributed by atoms with Gasteiger partial charge in [-0.2, -0.15) is 0 Å². The second kappa shape index (κ2) is 11.0. The van der Waals surface area contributed by atoms with E-state index < -0.39 is 17.7 Å². The smallest absolute Gasteiger partial charge is 0.300 e. The fourth-order valence-electron chi connectivity index (χ4n) is 4.65. The molecule has 0 radical (unpaired) electrons. The van der Waals surface area contributed by atoms with Crippen LogP contribution in [0.5, 0.6) is 17.2 Å². The maximum Gasteiger partial charge on any atom is 0.300 e. The number of carbonyl (C=O) groups excluding carboxylic acids is 2. The first kappa shape index (κ1) is 26.8. The highest BCUT2D eigenvalue weighted by Gasteiger charge is 2.47. The summed E-state index contributed by atoms with van der Waals surface area (Å²) in [5.74, 6) is 0.376. The van der Waals surface area contributed by atoms with Crippen molar-refractivity contribution in [2.24, 2.45) is 0 Å². The fourth-order valence-corrected chi connectivity index (χ4v) is 4.65. The van der Waals surface area contributed by atoms with Crippen LogP contribution < -0.4 is 19.1 Å². The summed E-state index contributed by atoms with van der Waals surface area (Å²) < 4.78 is 16.5. The minimum Gasteiger partial charge on any atom is -0.507 e. The van der Waals surface area contributed by atoms with Crippen LogP contribution in [-0.4, -0.2) is 37.1 Å². The minimum atomic E-state index is -0.846. The molecule has 0 saturated carbocycles. The van der Waals surface area contributed by atoms with Gasteiger partial charge < -0.3 is 19.3 Å². The highest BCUT2D eigenvalue weighted by atomic mass is 16.5. The summed E-state index contributed by atoms with van der Waals surface area (Å²) >= 11 is 0. The van der Waals surface area contributed by atoms with Crippen LogP contribution in [0.4, 0.5) is 5.69 Å². The van der Waals surface area contributed by atoms with Gasteiger partial charge in [-0.15, -0.1) is 0 Å². The van der Waals surface area contributed by atoms with Gasteiger partial charge in [-0.1, -0.05) is 26.0 Å². The number of benzene rings is 3. The normalized spacial score (nSPS) is 16.8. The Kier molecular flexibility index (Phi) is 7.76. The Hall–Kier alpha value is -4.26. The first-order valence-corrected chi connectivity index (χ1v) is 12.6. The van der Waals surface area contributed by atoms with E-state index in [9.17, 15) is 14.7 Å². The molecule has 0 bridgehead atoms. The number of nitrogens with zero attached hydrogens (tertiary/aromatic N) is 1. The van der Waals surface area contributed by atoms with E-state index in [4.69, 9.17) is 14.2 Å². The number of hydrogen-bond donors (Lipinski definition) is 1. The van der Waals surface area contributed by atoms with Gasteiger partial charge in [-0.05, 0) is 85.5 Å². The zero-order valence-corrected chi connectivity index (χ0v) is 22.5. The number of carbonyl (C=O) groups is 2. The van der Waals surface area contributed by atoms with Crippen LogP contribution in [0, 0.1) is 0 Å². The lowest BCUT2D eigenvalue weighted by molar-refractivity contribution is -0.132. The first-order valence-electron chi connectivity index (χ1n) is 12.6. The molecule has 38 heavy (non-hydrogen) atoms. The number of aliphatic hydroxyl groups excluding tert-OH is 1. The Morgan fingerprint density at radius 2 is 1.47 bits per heavy atom. The molecule has 1 atom stereocenters. The number of aliphatic hydroxyl groups is 1. The van der Waals surface area contributed by atoms with Crippen molar-refractivity contribution in [2.75, 3.05) is 19.1 Å². The van der Waals surface area contributed by atoms with E-state index in [1.165, 1.54) is 4.90 Å². The second-order valence-corrected chi connectivity index (χ2v) is 9.71. The van der Waals surface area contributed by atoms with E-state index in [-0.39, 0.29) is 23.4 Å². The van der Waals surface area contributed by atoms with E-state index in [2.05, 4.69) is 0 Å². The standard InChI is InChI=1S/C31H33NO6/c1-18(2)25-17-21(9-16-26(25)37-6)29(33)27-28(20-7-12-24(13-8-20)38-19(3)4)32(31(35)30(27)34)22-10-14-23(36-5)15-11-22/h7-19,28,33H,1-6H3/b29-27-. The molecule has 0 aromatic heterocycles. The topological polar surface area (TPSA) is 85.3 Å². The van der Waals surface area contributed by atoms with Gasteiger partial charge in [0.2, 0.25) is 0 Å². The molecule has 3 aromatic rings. The molecule has 1 saturated heterocycles. The Labute approximate surface area is 223 Å². The predicted molar refractivity (Wildman–Crippen MR) is 147 cm³/mol. The fraction of sp³-hybridized carbons (Fsp3) is 0.290. The van der Waals surface area contributed by atoms with Gasteiger partial charge in [0, 0.05) is 11.3 Å². The molecule has 1 N–H and O–H groups in total. The lowest BCUT2D eigenvalue weighted by Gasteiger charge is -2.26. The van der Waals surface area contributed by atoms with Crippen LogP contribution in [-0.2, 0) is 9.59 Å². The minimum absolute atomic E-state index is 0.00369. The summed E-state index contributed by atoms with van der Waals surface area (Å²) in [6, 6.07) is 18.5. The zero-order chi connectivity index (χ0) is 27.6. The number of hydrogen-bond acceptors (Lipinski definition) is 6. The van der Waals surface area contributed by atoms with E-state index in [1.54, 1.807) is 68.8 Å². The molecule has 7 heteroatoms. The molecule has 0 spiro atoms. The van der Waals surface area contributed by atoms with Gasteiger partial charge in [0.25, 0.3) is 11.7 Å². The summed E-state index contributed by atoms with van der Waals surface area (Å²) in [5.41, 5.74) is 2.51. The van der Waals surface area contributed by atoms with Crippen molar-refractivity contribution in [1.82, 2.24) is 0 Å². The van der Waals surface area contributed by atoms with E-state index >= 15 is 0 Å². The van der Waals surface area contributed by atoms with Gasteiger partial charge in [0.05, 0.1) is 31.9 Å². The Bertz CT molecular complexity index is 1360. The third-order valence-electron chi connectivity index (χ3n) is 6.49. The Morgan fingerprint density at radius 1 is 0.842 bits per heavy atom. The second-order valence-electron chi connectivity index (χ2n) is 9.71. The van der Waals surface area contributed by atoms with Crippen molar-refractivity contribution >= 4 is 23.1 Å². The molecule has 1 aliphatic rings. The van der Waals surface area contributed by atoms with Crippen molar-refractivity contribution in [1.29, 1.82) is 0 Å². The highest BCUT2D eigenvalue weighted by molar-refractivity contribution is 6.51. The molecule has 3 aromatic carbocycles. The van der Waals surface area contributed by atoms with Crippen LogP contribution >= 0.6 is 0 Å². The number of Topliss-reactive ketones (excluding diaryl/α,β-unsaturated/α-hetero) is 1. The van der Waals surface area contributed by atoms with Gasteiger partial charge in [0.1, 0.15) is 23.0 Å². The van der Waals surface area contributed by atoms with Crippen LogP contribution in [0.15, 0.2) is 72.3 Å². The van der Waals surface area contributed by atoms with Gasteiger partial charge in [0.15, 0.2) is 0 Å². The number of anilines is 1. The first-order chi connectivity index (χ1) is 18.2. The van der Waals surface area contributed by atoms with Crippen molar-refractivity contribution in [3.63, 3.8) is 0 Å². The van der Waals surface area contributed by atoms with Gasteiger partial charge in [-0.3, -0.25) is 14.5 Å². The lowest BCUT2D eigenvalue weighted by Crippen LogP contribution is -2.29. The maximum absolute atomic E-state index is 13.5. The zero-order valence-electron chi connectivity index (χ0n) is 22.5. The van der Waals surface area contributed by atoms with Crippen LogP contribution in [0.1, 0.15) is 56.3 Å². The molecule has 1 amide bonds. The maximum atomic E-state index is 13.5. The van der Waals surface area contributed by atoms with Gasteiger partial charge >= 0.3 is 0 Å². The van der Waals surface area contributed by atoms with Crippen molar-refractivity contribution < 1.29 is 28.9 Å². The SMILES string of the molecule is COc1ccc(N2C(=O)C(=O)/C(=C(\O)c3ccc(OC)c(C(C)C)c3)C2c2ccc(OC(C)C)cc2)cc1. The summed E-state index contributed by atoms with van der Waals surface area (Å²) in [6.07, 6.45) is -0.00369. The molecule has 1 heterocycles. The number of rotatable bonds is 8. The highest BCUT2D eigenvalue weighted by Crippen LogP contribution is 2.43. The third-order valence-corrected chi connectivity index (χ3v) is 6.49. The molecule has 1 fully saturated rings. The Balaban J connectivity index is 1.90. The lowest BCUT2D eigenvalue weighted by atomic mass is 9.93. The van der Waals surface area contributed by atoms with E-state index in [0.717, 1.165) is 5.56 Å². The molecule has 1 unspecified atom stereocenters. The molecule has 0 aliphatic carbocycles. The Morgan fingerprint density at radius 3 is 2.03 bits per heavy atom. The average molecular weight is 516 g/mol. The van der Waals surface area contributed by atoms with Crippen LogP contribution in [0.3, 0.4) is 0 Å². The van der Waals surface area contributed by atoms with E-state index in [0.29, 0.717) is 34.1 Å². The van der Waals surface area contributed by atoms with Gasteiger partial charge in [-0.25, -0.2) is 0 Å². The van der Waals surface area contributed by atoms with Crippen molar-refractivity contribution in [2.45, 2.75) is 45.8 Å². The molecule has 4 rings (SSSR count). The molecular weight excluding hydrogens is 482 g/mol. The number of ether oxygens (including phenoxy) is 3. The third kappa shape index (κ3) is 5.09. The summed E-state index contributed by atoms with van der Waals surface area (Å²) in [7, 11) is 3.15. The predicted octanol–water partition coefficient (Wildman–Crippen LogP) is 6.24. The number of amides is 1. The molecule has 7 nitrogen and oxygen atoms in total. The monoisotopic (exact) mass is 515 g/mol. The number of ketones is 1. The van der Waals surface area contributed by atoms with Crippen molar-refractivity contribution in [3.05, 3.63) is 89.0 Å². The summed E-state index contributed by atoms with van der Waals surface area (Å²) in [6.45, 7) is 7.91. The van der Waals surface area contributed by atoms with Crippen LogP contribution in [0.2, 0.25) is 0 Å². The summed E-state index contributed by atoms with van der Waals surface area (Å²) in [5, 5.41) is 11.5. The summed E-state index contributed by atoms with van der Waals surface area (Å²) in [4.78, 5) is 28.3. The average Bonchev–Trinajstić information content (AvgIpc) is 3.18. The van der Waals surface area contributed by atoms with Crippen LogP contribution in [0.25, 0.3) is 5.76 Å². The van der Waals surface area contributed by atoms with Crippen molar-refractivity contribution in [3.8, 4) is 17.2 Å². The quantitative estimate of drug-likeness (QED) is 0.217. The molecular formula is C31H33NO6. The van der Waals surface area contributed by atoms with E-state index in [1.807, 2.05) is 39.8 Å².